The molecule has 0 bridgehead atoms. The molecule has 26 heavy (non-hydrogen) atoms. The molecular formula is C19H19N3O4. The zero-order valence-corrected chi connectivity index (χ0v) is 14.7. The van der Waals surface area contributed by atoms with E-state index in [1.165, 1.54) is 20.3 Å². The van der Waals surface area contributed by atoms with Crippen LogP contribution in [-0.4, -0.2) is 30.6 Å². The number of amides is 2. The second-order valence-corrected chi connectivity index (χ2v) is 5.65. The van der Waals surface area contributed by atoms with Gasteiger partial charge in [0.2, 0.25) is 0 Å². The van der Waals surface area contributed by atoms with Crippen molar-refractivity contribution in [1.82, 2.24) is 15.4 Å². The number of methoxy groups -OCH3 is 2. The minimum absolute atomic E-state index is 0.255. The van der Waals surface area contributed by atoms with E-state index < -0.39 is 11.8 Å². The molecule has 7 heteroatoms. The number of carbonyl (C=O) groups excluding carboxylic acids is 2. The van der Waals surface area contributed by atoms with Gasteiger partial charge < -0.3 is 14.0 Å². The molecule has 0 saturated heterocycles. The number of aromatic nitrogens is 1. The number of hydrogen-bond acceptors (Lipinski definition) is 4. The van der Waals surface area contributed by atoms with Crippen LogP contribution < -0.4 is 20.3 Å². The van der Waals surface area contributed by atoms with Crippen LogP contribution in [0.25, 0.3) is 10.9 Å². The van der Waals surface area contributed by atoms with Gasteiger partial charge in [-0.3, -0.25) is 20.4 Å². The van der Waals surface area contributed by atoms with Crippen molar-refractivity contribution in [3.05, 3.63) is 59.8 Å². The van der Waals surface area contributed by atoms with Crippen molar-refractivity contribution in [2.45, 2.75) is 0 Å². The number of rotatable bonds is 4. The van der Waals surface area contributed by atoms with Gasteiger partial charge in [-0.15, -0.1) is 0 Å². The fourth-order valence-corrected chi connectivity index (χ4v) is 2.76. The van der Waals surface area contributed by atoms with E-state index in [1.54, 1.807) is 18.3 Å². The molecule has 1 aromatic heterocycles. The Labute approximate surface area is 150 Å². The largest absolute Gasteiger partial charge is 0.497 e. The number of nitrogens with zero attached hydrogens (tertiary/aromatic N) is 1. The molecule has 0 radical (unpaired) electrons. The van der Waals surface area contributed by atoms with E-state index in [0.29, 0.717) is 17.1 Å². The molecule has 0 saturated carbocycles. The van der Waals surface area contributed by atoms with Crippen LogP contribution in [0.1, 0.15) is 20.7 Å². The maximum atomic E-state index is 12.5. The minimum atomic E-state index is -0.505. The predicted octanol–water partition coefficient (Wildman–Crippen LogP) is 2.27. The second kappa shape index (κ2) is 7.18. The Morgan fingerprint density at radius 1 is 0.923 bits per heavy atom. The van der Waals surface area contributed by atoms with Gasteiger partial charge in [0.05, 0.1) is 25.3 Å². The summed E-state index contributed by atoms with van der Waals surface area (Å²) in [5, 5.41) is 0.806. The summed E-state index contributed by atoms with van der Waals surface area (Å²) in [5.41, 5.74) is 6.51. The molecule has 0 unspecified atom stereocenters. The lowest BCUT2D eigenvalue weighted by Crippen LogP contribution is -2.41. The SMILES string of the molecule is COc1ccc(OC)c(C(=O)NNC(=O)c2cn(C)c3ccccc23)c1. The molecule has 7 nitrogen and oxygen atoms in total. The first-order chi connectivity index (χ1) is 12.5. The first-order valence-corrected chi connectivity index (χ1v) is 7.92. The van der Waals surface area contributed by atoms with E-state index in [0.717, 1.165) is 10.9 Å². The van der Waals surface area contributed by atoms with Gasteiger partial charge in [0.1, 0.15) is 11.5 Å². The Morgan fingerprint density at radius 2 is 1.62 bits per heavy atom. The van der Waals surface area contributed by atoms with Crippen molar-refractivity contribution in [1.29, 1.82) is 0 Å². The average Bonchev–Trinajstić information content (AvgIpc) is 3.02. The highest BCUT2D eigenvalue weighted by atomic mass is 16.5. The number of nitrogens with one attached hydrogen (secondary N) is 2. The van der Waals surface area contributed by atoms with Crippen LogP contribution in [0, 0.1) is 0 Å². The smallest absolute Gasteiger partial charge is 0.273 e. The molecule has 0 fully saturated rings. The van der Waals surface area contributed by atoms with Crippen LogP contribution in [0.5, 0.6) is 11.5 Å². The zero-order chi connectivity index (χ0) is 18.7. The van der Waals surface area contributed by atoms with Gasteiger partial charge in [0.25, 0.3) is 11.8 Å². The number of fused-ring (bicyclic) bond motifs is 1. The number of ether oxygens (including phenoxy) is 2. The number of carbonyl (C=O) groups is 2. The molecule has 134 valence electrons. The summed E-state index contributed by atoms with van der Waals surface area (Å²) in [4.78, 5) is 24.9. The second-order valence-electron chi connectivity index (χ2n) is 5.65. The molecular weight excluding hydrogens is 334 g/mol. The lowest BCUT2D eigenvalue weighted by molar-refractivity contribution is 0.0845. The minimum Gasteiger partial charge on any atom is -0.497 e. The third-order valence-corrected chi connectivity index (χ3v) is 4.08. The maximum absolute atomic E-state index is 12.5. The Hall–Kier alpha value is -3.48. The summed E-state index contributed by atoms with van der Waals surface area (Å²) >= 11 is 0. The van der Waals surface area contributed by atoms with Crippen molar-refractivity contribution in [3.63, 3.8) is 0 Å². The lowest BCUT2D eigenvalue weighted by atomic mass is 10.1. The van der Waals surface area contributed by atoms with Gasteiger partial charge in [-0.1, -0.05) is 18.2 Å². The Balaban J connectivity index is 1.78. The van der Waals surface area contributed by atoms with Crippen LogP contribution in [0.3, 0.4) is 0 Å². The van der Waals surface area contributed by atoms with Crippen molar-refractivity contribution >= 4 is 22.7 Å². The normalized spacial score (nSPS) is 10.4. The number of hydrazine groups is 1. The predicted molar refractivity (Wildman–Crippen MR) is 97.4 cm³/mol. The van der Waals surface area contributed by atoms with Crippen molar-refractivity contribution in [2.75, 3.05) is 14.2 Å². The summed E-state index contributed by atoms with van der Waals surface area (Å²) in [5.74, 6) is -0.0228. The highest BCUT2D eigenvalue weighted by Gasteiger charge is 2.17. The number of aryl methyl sites for hydroxylation is 1. The molecule has 3 aromatic rings. The van der Waals surface area contributed by atoms with E-state index in [-0.39, 0.29) is 5.56 Å². The van der Waals surface area contributed by atoms with Crippen LogP contribution in [0.2, 0.25) is 0 Å². The van der Waals surface area contributed by atoms with E-state index >= 15 is 0 Å². The fraction of sp³-hybridized carbons (Fsp3) is 0.158. The Morgan fingerprint density at radius 3 is 2.31 bits per heavy atom. The molecule has 3 rings (SSSR count). The fourth-order valence-electron chi connectivity index (χ4n) is 2.76. The molecule has 0 aliphatic carbocycles. The topological polar surface area (TPSA) is 81.6 Å². The summed E-state index contributed by atoms with van der Waals surface area (Å²) in [6, 6.07) is 12.4. The first kappa shape index (κ1) is 17.3. The molecule has 2 amide bonds. The Bertz CT molecular complexity index is 978. The first-order valence-electron chi connectivity index (χ1n) is 7.92. The molecule has 0 atom stereocenters. The van der Waals surface area contributed by atoms with Gasteiger partial charge in [-0.2, -0.15) is 0 Å². The number of para-hydroxylation sites is 1. The standard InChI is InChI=1S/C19H19N3O4/c1-22-11-15(13-6-4-5-7-16(13)22)19(24)21-20-18(23)14-10-12(25-2)8-9-17(14)26-3/h4-11H,1-3H3,(H,20,23)(H,21,24). The van der Waals surface area contributed by atoms with E-state index in [2.05, 4.69) is 10.9 Å². The van der Waals surface area contributed by atoms with Crippen LogP contribution in [0.15, 0.2) is 48.7 Å². The summed E-state index contributed by atoms with van der Waals surface area (Å²) in [6.45, 7) is 0. The third-order valence-electron chi connectivity index (χ3n) is 4.08. The van der Waals surface area contributed by atoms with Crippen LogP contribution in [0.4, 0.5) is 0 Å². The monoisotopic (exact) mass is 353 g/mol. The van der Waals surface area contributed by atoms with Crippen LogP contribution in [-0.2, 0) is 7.05 Å². The van der Waals surface area contributed by atoms with E-state index in [9.17, 15) is 9.59 Å². The molecule has 2 N–H and O–H groups in total. The summed E-state index contributed by atoms with van der Waals surface area (Å²) in [7, 11) is 4.83. The van der Waals surface area contributed by atoms with Crippen molar-refractivity contribution < 1.29 is 19.1 Å². The maximum Gasteiger partial charge on any atom is 0.273 e. The van der Waals surface area contributed by atoms with Gasteiger partial charge in [-0.25, -0.2) is 0 Å². The van der Waals surface area contributed by atoms with E-state index in [4.69, 9.17) is 9.47 Å². The van der Waals surface area contributed by atoms with E-state index in [1.807, 2.05) is 35.9 Å². The van der Waals surface area contributed by atoms with Crippen LogP contribution >= 0.6 is 0 Å². The molecule has 0 spiro atoms. The lowest BCUT2D eigenvalue weighted by Gasteiger charge is -2.11. The van der Waals surface area contributed by atoms with Gasteiger partial charge in [-0.05, 0) is 24.3 Å². The zero-order valence-electron chi connectivity index (χ0n) is 14.7. The number of benzene rings is 2. The molecule has 2 aromatic carbocycles. The third kappa shape index (κ3) is 3.19. The highest BCUT2D eigenvalue weighted by molar-refractivity contribution is 6.08. The Kier molecular flexibility index (Phi) is 4.79. The summed E-state index contributed by atoms with van der Waals surface area (Å²) in [6.07, 6.45) is 1.72. The van der Waals surface area contributed by atoms with Gasteiger partial charge in [0.15, 0.2) is 0 Å². The molecule has 0 aliphatic heterocycles. The van der Waals surface area contributed by atoms with Gasteiger partial charge in [0, 0.05) is 24.1 Å². The van der Waals surface area contributed by atoms with Crippen molar-refractivity contribution in [2.24, 2.45) is 7.05 Å². The van der Waals surface area contributed by atoms with Gasteiger partial charge >= 0.3 is 0 Å². The average molecular weight is 353 g/mol. The number of hydrogen-bond donors (Lipinski definition) is 2. The molecule has 1 heterocycles. The highest BCUT2D eigenvalue weighted by Crippen LogP contribution is 2.24. The summed E-state index contributed by atoms with van der Waals surface area (Å²) < 4.78 is 12.2. The van der Waals surface area contributed by atoms with Crippen molar-refractivity contribution in [3.8, 4) is 11.5 Å². The molecule has 0 aliphatic rings. The quantitative estimate of drug-likeness (QED) is 0.705.